The first-order valence-corrected chi connectivity index (χ1v) is 7.36. The Morgan fingerprint density at radius 1 is 1.32 bits per heavy atom. The van der Waals surface area contributed by atoms with Crippen molar-refractivity contribution in [3.8, 4) is 11.5 Å². The van der Waals surface area contributed by atoms with Gasteiger partial charge in [0.05, 0.1) is 17.2 Å². The fraction of sp³-hybridized carbons (Fsp3) is 0.571. The van der Waals surface area contributed by atoms with Crippen LogP contribution in [0.2, 0.25) is 0 Å². The summed E-state index contributed by atoms with van der Waals surface area (Å²) >= 11 is 3.52. The summed E-state index contributed by atoms with van der Waals surface area (Å²) in [7, 11) is 0. The molecule has 1 aliphatic heterocycles. The summed E-state index contributed by atoms with van der Waals surface area (Å²) in [4.78, 5) is 0. The van der Waals surface area contributed by atoms with E-state index in [1.54, 1.807) is 0 Å². The van der Waals surface area contributed by atoms with Gasteiger partial charge in [-0.15, -0.1) is 0 Å². The van der Waals surface area contributed by atoms with Crippen molar-refractivity contribution in [1.29, 1.82) is 0 Å². The van der Waals surface area contributed by atoms with E-state index in [0.717, 1.165) is 35.7 Å². The van der Waals surface area contributed by atoms with Gasteiger partial charge in [-0.3, -0.25) is 0 Å². The molecule has 106 valence electrons. The fourth-order valence-electron chi connectivity index (χ4n) is 1.87. The van der Waals surface area contributed by atoms with Crippen LogP contribution in [0.3, 0.4) is 0 Å². The van der Waals surface area contributed by atoms with E-state index in [9.17, 15) is 0 Å². The summed E-state index contributed by atoms with van der Waals surface area (Å²) in [6.07, 6.45) is 0.283. The van der Waals surface area contributed by atoms with E-state index in [-0.39, 0.29) is 6.10 Å². The lowest BCUT2D eigenvalue weighted by Gasteiger charge is -2.20. The van der Waals surface area contributed by atoms with Crippen LogP contribution in [-0.2, 0) is 11.3 Å². The number of benzene rings is 1. The van der Waals surface area contributed by atoms with Gasteiger partial charge < -0.3 is 19.5 Å². The molecule has 0 bridgehead atoms. The highest BCUT2D eigenvalue weighted by Gasteiger charge is 2.15. The maximum absolute atomic E-state index is 5.60. The number of nitrogens with one attached hydrogen (secondary N) is 1. The second-order valence-corrected chi connectivity index (χ2v) is 5.55. The van der Waals surface area contributed by atoms with Crippen molar-refractivity contribution in [3.05, 3.63) is 22.2 Å². The van der Waals surface area contributed by atoms with Gasteiger partial charge in [0, 0.05) is 13.1 Å². The van der Waals surface area contributed by atoms with E-state index in [4.69, 9.17) is 14.2 Å². The van der Waals surface area contributed by atoms with Crippen LogP contribution >= 0.6 is 15.9 Å². The van der Waals surface area contributed by atoms with Crippen molar-refractivity contribution in [2.24, 2.45) is 0 Å². The third kappa shape index (κ3) is 4.37. The van der Waals surface area contributed by atoms with Gasteiger partial charge in [-0.1, -0.05) is 0 Å². The van der Waals surface area contributed by atoms with Crippen LogP contribution in [0.15, 0.2) is 16.6 Å². The Hall–Kier alpha value is -0.780. The molecular weight excluding hydrogens is 310 g/mol. The number of fused-ring (bicyclic) bond motifs is 1. The average molecular weight is 330 g/mol. The molecule has 2 rings (SSSR count). The average Bonchev–Trinajstić information content (AvgIpc) is 2.38. The number of hydrogen-bond acceptors (Lipinski definition) is 4. The lowest BCUT2D eigenvalue weighted by molar-refractivity contribution is 0.0807. The monoisotopic (exact) mass is 329 g/mol. The largest absolute Gasteiger partial charge is 0.486 e. The van der Waals surface area contributed by atoms with Crippen LogP contribution in [0.25, 0.3) is 0 Å². The van der Waals surface area contributed by atoms with E-state index in [2.05, 4.69) is 27.3 Å². The zero-order valence-electron chi connectivity index (χ0n) is 11.4. The van der Waals surface area contributed by atoms with E-state index in [1.807, 2.05) is 19.9 Å². The second kappa shape index (κ2) is 7.12. The first-order chi connectivity index (χ1) is 9.16. The van der Waals surface area contributed by atoms with Crippen LogP contribution in [0, 0.1) is 0 Å². The number of rotatable bonds is 6. The van der Waals surface area contributed by atoms with Gasteiger partial charge in [-0.2, -0.15) is 0 Å². The summed E-state index contributed by atoms with van der Waals surface area (Å²) in [5, 5.41) is 3.35. The predicted octanol–water partition coefficient (Wildman–Crippen LogP) is 2.73. The molecule has 1 aromatic rings. The highest BCUT2D eigenvalue weighted by Crippen LogP contribution is 2.38. The highest BCUT2D eigenvalue weighted by molar-refractivity contribution is 9.10. The van der Waals surface area contributed by atoms with Gasteiger partial charge in [0.25, 0.3) is 0 Å². The zero-order chi connectivity index (χ0) is 13.7. The molecular formula is C14H20BrNO3. The number of hydrogen-bond donors (Lipinski definition) is 1. The van der Waals surface area contributed by atoms with Crippen LogP contribution in [0.5, 0.6) is 11.5 Å². The molecule has 0 amide bonds. The topological polar surface area (TPSA) is 39.7 Å². The third-order valence-electron chi connectivity index (χ3n) is 2.72. The van der Waals surface area contributed by atoms with Gasteiger partial charge in [-0.25, -0.2) is 0 Å². The molecule has 0 spiro atoms. The summed E-state index contributed by atoms with van der Waals surface area (Å²) in [6.45, 7) is 7.65. The third-order valence-corrected chi connectivity index (χ3v) is 3.30. The first kappa shape index (κ1) is 14.6. The van der Waals surface area contributed by atoms with Crippen molar-refractivity contribution in [2.45, 2.75) is 26.5 Å². The van der Waals surface area contributed by atoms with Crippen LogP contribution in [0.1, 0.15) is 19.4 Å². The Morgan fingerprint density at radius 2 is 2.11 bits per heavy atom. The number of ether oxygens (including phenoxy) is 3. The van der Waals surface area contributed by atoms with Gasteiger partial charge in [-0.05, 0) is 47.5 Å². The Balaban J connectivity index is 1.85. The molecule has 0 atom stereocenters. The van der Waals surface area contributed by atoms with E-state index in [1.165, 1.54) is 5.56 Å². The molecule has 0 unspecified atom stereocenters. The number of halogens is 1. The van der Waals surface area contributed by atoms with Gasteiger partial charge in [0.1, 0.15) is 13.2 Å². The molecule has 0 aromatic heterocycles. The summed E-state index contributed by atoms with van der Waals surface area (Å²) in [5.41, 5.74) is 1.17. The normalized spacial score (nSPS) is 13.9. The first-order valence-electron chi connectivity index (χ1n) is 6.57. The maximum Gasteiger partial charge on any atom is 0.175 e. The van der Waals surface area contributed by atoms with Crippen molar-refractivity contribution in [2.75, 3.05) is 26.4 Å². The quantitative estimate of drug-likeness (QED) is 0.814. The van der Waals surface area contributed by atoms with Crippen molar-refractivity contribution < 1.29 is 14.2 Å². The van der Waals surface area contributed by atoms with Crippen molar-refractivity contribution in [1.82, 2.24) is 5.32 Å². The van der Waals surface area contributed by atoms with E-state index in [0.29, 0.717) is 13.2 Å². The minimum atomic E-state index is 0.283. The standard InChI is InChI=1S/C14H20BrNO3/c1-10(2)17-4-3-16-9-11-7-12(15)14-13(8-11)18-5-6-19-14/h7-8,10,16H,3-6,9H2,1-2H3. The smallest absolute Gasteiger partial charge is 0.175 e. The molecule has 0 saturated carbocycles. The predicted molar refractivity (Wildman–Crippen MR) is 77.9 cm³/mol. The Morgan fingerprint density at radius 3 is 2.89 bits per heavy atom. The second-order valence-electron chi connectivity index (χ2n) is 4.70. The molecule has 0 fully saturated rings. The highest BCUT2D eigenvalue weighted by atomic mass is 79.9. The molecule has 1 aliphatic rings. The minimum absolute atomic E-state index is 0.283. The van der Waals surface area contributed by atoms with Gasteiger partial charge in [0.2, 0.25) is 0 Å². The Labute approximate surface area is 122 Å². The molecule has 1 aromatic carbocycles. The van der Waals surface area contributed by atoms with E-state index < -0.39 is 0 Å². The SMILES string of the molecule is CC(C)OCCNCc1cc(Br)c2c(c1)OCCO2. The molecule has 19 heavy (non-hydrogen) atoms. The Kier molecular flexibility index (Phi) is 5.48. The summed E-state index contributed by atoms with van der Waals surface area (Å²) in [6, 6.07) is 4.08. The minimum Gasteiger partial charge on any atom is -0.486 e. The van der Waals surface area contributed by atoms with Crippen LogP contribution in [-0.4, -0.2) is 32.5 Å². The lowest BCUT2D eigenvalue weighted by Crippen LogP contribution is -2.21. The van der Waals surface area contributed by atoms with Crippen LogP contribution < -0.4 is 14.8 Å². The molecule has 5 heteroatoms. The van der Waals surface area contributed by atoms with Crippen molar-refractivity contribution in [3.63, 3.8) is 0 Å². The maximum atomic E-state index is 5.60. The van der Waals surface area contributed by atoms with Gasteiger partial charge >= 0.3 is 0 Å². The molecule has 1 N–H and O–H groups in total. The molecule has 4 nitrogen and oxygen atoms in total. The van der Waals surface area contributed by atoms with Crippen molar-refractivity contribution >= 4 is 15.9 Å². The van der Waals surface area contributed by atoms with Gasteiger partial charge in [0.15, 0.2) is 11.5 Å². The molecule has 0 radical (unpaired) electrons. The zero-order valence-corrected chi connectivity index (χ0v) is 13.0. The molecule has 0 aliphatic carbocycles. The molecule has 0 saturated heterocycles. The van der Waals surface area contributed by atoms with Crippen LogP contribution in [0.4, 0.5) is 0 Å². The summed E-state index contributed by atoms with van der Waals surface area (Å²) in [5.74, 6) is 1.62. The summed E-state index contributed by atoms with van der Waals surface area (Å²) < 4.78 is 17.6. The fourth-order valence-corrected chi connectivity index (χ4v) is 2.47. The Bertz CT molecular complexity index is 423. The lowest BCUT2D eigenvalue weighted by atomic mass is 10.2. The van der Waals surface area contributed by atoms with E-state index >= 15 is 0 Å². The molecule has 1 heterocycles.